The van der Waals surface area contributed by atoms with E-state index in [1.165, 1.54) is 29.8 Å². The Morgan fingerprint density at radius 1 is 1.25 bits per heavy atom. The molecule has 0 radical (unpaired) electrons. The van der Waals surface area contributed by atoms with Gasteiger partial charge in [0.1, 0.15) is 22.2 Å². The van der Waals surface area contributed by atoms with Crippen molar-refractivity contribution in [3.63, 3.8) is 0 Å². The molecule has 8 nitrogen and oxygen atoms in total. The second kappa shape index (κ2) is 9.41. The van der Waals surface area contributed by atoms with Crippen molar-refractivity contribution >= 4 is 34.6 Å². The lowest BCUT2D eigenvalue weighted by atomic mass is 9.96. The van der Waals surface area contributed by atoms with Gasteiger partial charge >= 0.3 is 5.97 Å². The maximum Gasteiger partial charge on any atom is 0.338 e. The molecule has 3 heterocycles. The predicted octanol–water partition coefficient (Wildman–Crippen LogP) is 3.47. The van der Waals surface area contributed by atoms with Gasteiger partial charge in [0.15, 0.2) is 0 Å². The van der Waals surface area contributed by atoms with E-state index < -0.39 is 17.7 Å². The fourth-order valence-corrected chi connectivity index (χ4v) is 4.56. The summed E-state index contributed by atoms with van der Waals surface area (Å²) >= 11 is 1.12. The minimum Gasteiger partial charge on any atom is -0.478 e. The molecule has 0 unspecified atom stereocenters. The van der Waals surface area contributed by atoms with E-state index >= 15 is 0 Å². The Bertz CT molecular complexity index is 1140. The number of pyridine rings is 1. The SMILES string of the molecule is NCC1CCN(c2c(F)cccc2NC(=O)c2csc(-c3ncccc3C(=O)O)n2)CC1. The molecule has 1 fully saturated rings. The zero-order chi connectivity index (χ0) is 22.7. The first-order chi connectivity index (χ1) is 15.5. The van der Waals surface area contributed by atoms with Crippen LogP contribution in [0.1, 0.15) is 33.7 Å². The Morgan fingerprint density at radius 3 is 2.75 bits per heavy atom. The highest BCUT2D eigenvalue weighted by atomic mass is 32.1. The van der Waals surface area contributed by atoms with E-state index in [4.69, 9.17) is 5.73 Å². The number of nitrogens with two attached hydrogens (primary N) is 1. The van der Waals surface area contributed by atoms with E-state index in [0.717, 1.165) is 24.2 Å². The summed E-state index contributed by atoms with van der Waals surface area (Å²) < 4.78 is 14.7. The van der Waals surface area contributed by atoms with E-state index in [9.17, 15) is 19.1 Å². The Morgan fingerprint density at radius 2 is 2.03 bits per heavy atom. The summed E-state index contributed by atoms with van der Waals surface area (Å²) in [5.74, 6) is -1.62. The normalized spacial score (nSPS) is 14.4. The number of aromatic nitrogens is 2. The highest BCUT2D eigenvalue weighted by molar-refractivity contribution is 7.13. The number of amides is 1. The van der Waals surface area contributed by atoms with Crippen molar-refractivity contribution in [2.75, 3.05) is 29.9 Å². The van der Waals surface area contributed by atoms with Crippen LogP contribution in [0, 0.1) is 11.7 Å². The number of nitrogens with one attached hydrogen (secondary N) is 1. The topological polar surface area (TPSA) is 121 Å². The van der Waals surface area contributed by atoms with E-state index in [1.807, 2.05) is 4.90 Å². The van der Waals surface area contributed by atoms with Gasteiger partial charge in [-0.1, -0.05) is 6.07 Å². The number of benzene rings is 1. The van der Waals surface area contributed by atoms with Gasteiger partial charge in [0.05, 0.1) is 16.9 Å². The molecule has 0 spiro atoms. The third kappa shape index (κ3) is 4.46. The molecule has 4 N–H and O–H groups in total. The largest absolute Gasteiger partial charge is 0.478 e. The van der Waals surface area contributed by atoms with Gasteiger partial charge < -0.3 is 21.1 Å². The second-order valence-corrected chi connectivity index (χ2v) is 8.36. The van der Waals surface area contributed by atoms with Crippen molar-refractivity contribution in [1.29, 1.82) is 0 Å². The average molecular weight is 456 g/mol. The van der Waals surface area contributed by atoms with Crippen LogP contribution < -0.4 is 16.0 Å². The van der Waals surface area contributed by atoms with Crippen molar-refractivity contribution in [2.24, 2.45) is 11.7 Å². The molecular weight excluding hydrogens is 433 g/mol. The third-order valence-electron chi connectivity index (χ3n) is 5.48. The number of para-hydroxylation sites is 1. The number of nitrogens with zero attached hydrogens (tertiary/aromatic N) is 3. The van der Waals surface area contributed by atoms with Gasteiger partial charge in [-0.3, -0.25) is 9.78 Å². The van der Waals surface area contributed by atoms with Gasteiger partial charge in [0.25, 0.3) is 5.91 Å². The van der Waals surface area contributed by atoms with Crippen LogP contribution >= 0.6 is 11.3 Å². The van der Waals surface area contributed by atoms with Crippen molar-refractivity contribution < 1.29 is 19.1 Å². The lowest BCUT2D eigenvalue weighted by Gasteiger charge is -2.34. The zero-order valence-electron chi connectivity index (χ0n) is 17.1. The first-order valence-corrected chi connectivity index (χ1v) is 11.0. The number of hydrogen-bond acceptors (Lipinski definition) is 7. The number of hydrogen-bond donors (Lipinski definition) is 3. The maximum absolute atomic E-state index is 14.7. The molecule has 0 atom stereocenters. The summed E-state index contributed by atoms with van der Waals surface area (Å²) in [6.07, 6.45) is 3.20. The van der Waals surface area contributed by atoms with Crippen LogP contribution in [0.5, 0.6) is 0 Å². The van der Waals surface area contributed by atoms with E-state index in [1.54, 1.807) is 12.1 Å². The summed E-state index contributed by atoms with van der Waals surface area (Å²) in [5.41, 5.74) is 6.76. The summed E-state index contributed by atoms with van der Waals surface area (Å²) in [7, 11) is 0. The van der Waals surface area contributed by atoms with Gasteiger partial charge in [0.2, 0.25) is 0 Å². The number of carboxylic acids is 1. The highest BCUT2D eigenvalue weighted by Gasteiger charge is 2.24. The predicted molar refractivity (Wildman–Crippen MR) is 121 cm³/mol. The van der Waals surface area contributed by atoms with Gasteiger partial charge in [0, 0.05) is 24.7 Å². The van der Waals surface area contributed by atoms with Crippen LogP contribution in [0.3, 0.4) is 0 Å². The van der Waals surface area contributed by atoms with Crippen LogP contribution in [0.15, 0.2) is 41.9 Å². The number of anilines is 2. The molecule has 0 bridgehead atoms. The van der Waals surface area contributed by atoms with E-state index in [0.29, 0.717) is 41.9 Å². The molecule has 0 saturated carbocycles. The second-order valence-electron chi connectivity index (χ2n) is 7.50. The highest BCUT2D eigenvalue weighted by Crippen LogP contribution is 2.33. The van der Waals surface area contributed by atoms with Crippen molar-refractivity contribution in [2.45, 2.75) is 12.8 Å². The Balaban J connectivity index is 1.56. The average Bonchev–Trinajstić information content (AvgIpc) is 3.30. The summed E-state index contributed by atoms with van der Waals surface area (Å²) in [4.78, 5) is 34.6. The maximum atomic E-state index is 14.7. The quantitative estimate of drug-likeness (QED) is 0.520. The first-order valence-electron chi connectivity index (χ1n) is 10.2. The molecule has 166 valence electrons. The van der Waals surface area contributed by atoms with Crippen molar-refractivity contribution in [1.82, 2.24) is 9.97 Å². The molecule has 2 aromatic heterocycles. The number of piperidine rings is 1. The summed E-state index contributed by atoms with van der Waals surface area (Å²) in [5, 5.41) is 14.0. The standard InChI is InChI=1S/C22H22FN5O3S/c23-15-4-1-5-16(19(15)28-9-6-13(11-24)7-10-28)26-20(29)17-12-32-21(27-17)18-14(22(30)31)3-2-8-25-18/h1-5,8,12-13H,6-7,9-11,24H2,(H,26,29)(H,30,31). The Kier molecular flexibility index (Phi) is 6.42. The fraction of sp³-hybridized carbons (Fsp3) is 0.273. The van der Waals surface area contributed by atoms with Crippen molar-refractivity contribution in [3.05, 3.63) is 59.0 Å². The van der Waals surface area contributed by atoms with Crippen LogP contribution in [-0.2, 0) is 0 Å². The van der Waals surface area contributed by atoms with Crippen LogP contribution in [0.25, 0.3) is 10.7 Å². The minimum atomic E-state index is -1.13. The Labute approximate surface area is 187 Å². The molecule has 1 aromatic carbocycles. The smallest absolute Gasteiger partial charge is 0.338 e. The number of aromatic carboxylic acids is 1. The lowest BCUT2D eigenvalue weighted by molar-refractivity contribution is 0.0697. The summed E-state index contributed by atoms with van der Waals surface area (Å²) in [6, 6.07) is 7.52. The number of carbonyl (C=O) groups is 2. The summed E-state index contributed by atoms with van der Waals surface area (Å²) in [6.45, 7) is 1.93. The zero-order valence-corrected chi connectivity index (χ0v) is 17.9. The molecular formula is C22H22FN5O3S. The van der Waals surface area contributed by atoms with Crippen LogP contribution in [0.4, 0.5) is 15.8 Å². The lowest BCUT2D eigenvalue weighted by Crippen LogP contribution is -2.37. The van der Waals surface area contributed by atoms with E-state index in [2.05, 4.69) is 15.3 Å². The minimum absolute atomic E-state index is 0.00195. The monoisotopic (exact) mass is 455 g/mol. The number of carbonyl (C=O) groups excluding carboxylic acids is 1. The van der Waals surface area contributed by atoms with Gasteiger partial charge in [-0.2, -0.15) is 0 Å². The van der Waals surface area contributed by atoms with E-state index in [-0.39, 0.29) is 17.0 Å². The molecule has 32 heavy (non-hydrogen) atoms. The first kappa shape index (κ1) is 21.8. The number of rotatable bonds is 6. The molecule has 1 aliphatic rings. The van der Waals surface area contributed by atoms with Crippen LogP contribution in [-0.4, -0.2) is 46.6 Å². The third-order valence-corrected chi connectivity index (χ3v) is 6.33. The van der Waals surface area contributed by atoms with Crippen LogP contribution in [0.2, 0.25) is 0 Å². The van der Waals surface area contributed by atoms with Gasteiger partial charge in [-0.15, -0.1) is 11.3 Å². The number of thiazole rings is 1. The number of carboxylic acid groups (broad SMARTS) is 1. The van der Waals surface area contributed by atoms with Gasteiger partial charge in [-0.25, -0.2) is 14.2 Å². The molecule has 1 amide bonds. The van der Waals surface area contributed by atoms with Gasteiger partial charge in [-0.05, 0) is 49.6 Å². The number of halogens is 1. The van der Waals surface area contributed by atoms with Crippen molar-refractivity contribution in [3.8, 4) is 10.7 Å². The molecule has 0 aliphatic carbocycles. The molecule has 10 heteroatoms. The molecule has 4 rings (SSSR count). The molecule has 1 aliphatic heterocycles. The Hall–Kier alpha value is -3.37. The molecule has 3 aromatic rings. The molecule has 1 saturated heterocycles. The fourth-order valence-electron chi connectivity index (χ4n) is 3.75.